The Morgan fingerprint density at radius 1 is 1.38 bits per heavy atom. The van der Waals surface area contributed by atoms with Crippen molar-refractivity contribution in [2.45, 2.75) is 13.5 Å². The molecule has 0 bridgehead atoms. The minimum absolute atomic E-state index is 0.392. The number of hydrogen-bond acceptors (Lipinski definition) is 3. The number of nitrogen functional groups attached to an aromatic ring is 1. The zero-order chi connectivity index (χ0) is 9.68. The molecule has 0 aliphatic heterocycles. The monoisotopic (exact) mass is 198 g/mol. The van der Waals surface area contributed by atoms with Crippen molar-refractivity contribution >= 4 is 13.7 Å². The molecule has 1 atom stereocenters. The molecular weight excluding hydrogens is 185 g/mol. The van der Waals surface area contributed by atoms with E-state index in [2.05, 4.69) is 0 Å². The summed E-state index contributed by atoms with van der Waals surface area (Å²) in [6.45, 7) is 2.23. The molecule has 3 nitrogen and oxygen atoms in total. The molecule has 13 heavy (non-hydrogen) atoms. The van der Waals surface area contributed by atoms with Gasteiger partial charge in [-0.05, 0) is 29.2 Å². The van der Waals surface area contributed by atoms with Crippen molar-refractivity contribution in [1.29, 1.82) is 0 Å². The van der Waals surface area contributed by atoms with Crippen molar-refractivity contribution in [2.75, 3.05) is 11.9 Å². The van der Waals surface area contributed by atoms with Gasteiger partial charge in [-0.3, -0.25) is 0 Å². The van der Waals surface area contributed by atoms with E-state index in [0.29, 0.717) is 12.8 Å². The molecule has 0 saturated carbocycles. The van der Waals surface area contributed by atoms with Crippen LogP contribution in [0.3, 0.4) is 0 Å². The lowest BCUT2D eigenvalue weighted by molar-refractivity contribution is 0.319. The molecular formula is C9H13NO2P+. The Hall–Kier alpha value is -0.920. The zero-order valence-corrected chi connectivity index (χ0v) is 8.46. The lowest BCUT2D eigenvalue weighted by Gasteiger charge is -1.95. The van der Waals surface area contributed by atoms with E-state index >= 15 is 0 Å². The van der Waals surface area contributed by atoms with Gasteiger partial charge in [0.1, 0.15) is 6.61 Å². The molecule has 0 aromatic heterocycles. The largest absolute Gasteiger partial charge is 0.508 e. The van der Waals surface area contributed by atoms with Crippen LogP contribution in [0.4, 0.5) is 5.69 Å². The lowest BCUT2D eigenvalue weighted by Crippen LogP contribution is -1.88. The third-order valence-corrected chi connectivity index (χ3v) is 2.55. The number of rotatable bonds is 4. The van der Waals surface area contributed by atoms with Crippen molar-refractivity contribution < 1.29 is 9.09 Å². The summed E-state index contributed by atoms with van der Waals surface area (Å²) < 4.78 is 16.0. The minimum atomic E-state index is -1.49. The number of anilines is 1. The highest BCUT2D eigenvalue weighted by molar-refractivity contribution is 7.39. The van der Waals surface area contributed by atoms with Gasteiger partial charge in [-0.25, -0.2) is 0 Å². The first-order valence-corrected chi connectivity index (χ1v) is 5.50. The van der Waals surface area contributed by atoms with Gasteiger partial charge in [0.05, 0.1) is 0 Å². The fraction of sp³-hybridized carbons (Fsp3) is 0.333. The number of hydrogen-bond donors (Lipinski definition) is 1. The van der Waals surface area contributed by atoms with E-state index in [1.165, 1.54) is 0 Å². The van der Waals surface area contributed by atoms with Crippen LogP contribution in [0.25, 0.3) is 0 Å². The van der Waals surface area contributed by atoms with Gasteiger partial charge in [0.15, 0.2) is 6.16 Å². The average molecular weight is 198 g/mol. The second kappa shape index (κ2) is 4.95. The molecule has 0 radical (unpaired) electrons. The second-order valence-corrected chi connectivity index (χ2v) is 4.22. The molecule has 0 spiro atoms. The van der Waals surface area contributed by atoms with Crippen molar-refractivity contribution in [3.05, 3.63) is 29.8 Å². The molecule has 0 aliphatic rings. The van der Waals surface area contributed by atoms with Crippen LogP contribution in [0.15, 0.2) is 24.3 Å². The van der Waals surface area contributed by atoms with Gasteiger partial charge >= 0.3 is 8.03 Å². The highest BCUT2D eigenvalue weighted by atomic mass is 31.1. The summed E-state index contributed by atoms with van der Waals surface area (Å²) >= 11 is 0. The molecule has 4 heteroatoms. The highest BCUT2D eigenvalue weighted by Gasteiger charge is 2.12. The van der Waals surface area contributed by atoms with E-state index in [1.807, 2.05) is 19.1 Å². The third-order valence-electron chi connectivity index (χ3n) is 1.61. The van der Waals surface area contributed by atoms with E-state index in [1.54, 1.807) is 12.1 Å². The van der Waals surface area contributed by atoms with Crippen LogP contribution in [0.2, 0.25) is 0 Å². The van der Waals surface area contributed by atoms with E-state index in [4.69, 9.17) is 10.3 Å². The summed E-state index contributed by atoms with van der Waals surface area (Å²) in [7, 11) is -1.49. The van der Waals surface area contributed by atoms with Gasteiger partial charge in [-0.2, -0.15) is 0 Å². The Bertz CT molecular complexity index is 284. The molecule has 2 N–H and O–H groups in total. The van der Waals surface area contributed by atoms with Crippen LogP contribution in [0, 0.1) is 0 Å². The maximum atomic E-state index is 11.0. The molecule has 70 valence electrons. The van der Waals surface area contributed by atoms with Crippen molar-refractivity contribution in [2.24, 2.45) is 0 Å². The van der Waals surface area contributed by atoms with E-state index in [0.717, 1.165) is 11.3 Å². The molecule has 0 heterocycles. The minimum Gasteiger partial charge on any atom is -0.399 e. The first-order chi connectivity index (χ1) is 6.22. The number of benzene rings is 1. The quantitative estimate of drug-likeness (QED) is 0.597. The first kappa shape index (κ1) is 10.2. The standard InChI is InChI=1S/C9H13NO2P/c1-2-13(11)12-7-8-3-5-9(10)6-4-8/h3-6H,2,7,10H2,1H3/q+1. The summed E-state index contributed by atoms with van der Waals surface area (Å²) in [4.78, 5) is 0. The van der Waals surface area contributed by atoms with Gasteiger partial charge in [0, 0.05) is 5.69 Å². The maximum absolute atomic E-state index is 11.0. The van der Waals surface area contributed by atoms with Gasteiger partial charge in [0.2, 0.25) is 0 Å². The molecule has 0 amide bonds. The Kier molecular flexibility index (Phi) is 3.87. The fourth-order valence-electron chi connectivity index (χ4n) is 0.852. The van der Waals surface area contributed by atoms with Gasteiger partial charge in [-0.15, -0.1) is 4.52 Å². The van der Waals surface area contributed by atoms with Crippen molar-refractivity contribution in [3.63, 3.8) is 0 Å². The smallest absolute Gasteiger partial charge is 0.399 e. The Labute approximate surface area is 78.8 Å². The summed E-state index contributed by atoms with van der Waals surface area (Å²) in [5.74, 6) is 0. The van der Waals surface area contributed by atoms with Gasteiger partial charge in [0.25, 0.3) is 0 Å². The zero-order valence-electron chi connectivity index (χ0n) is 7.56. The van der Waals surface area contributed by atoms with Crippen LogP contribution in [-0.4, -0.2) is 6.16 Å². The van der Waals surface area contributed by atoms with Crippen LogP contribution in [0.1, 0.15) is 12.5 Å². The SMILES string of the molecule is CC[P+](=O)OCc1ccc(N)cc1. The molecule has 1 rings (SSSR count). The molecule has 1 unspecified atom stereocenters. The summed E-state index contributed by atoms with van der Waals surface area (Å²) in [6.07, 6.45) is 0.560. The van der Waals surface area contributed by atoms with Crippen molar-refractivity contribution in [3.8, 4) is 0 Å². The van der Waals surface area contributed by atoms with Crippen LogP contribution in [0.5, 0.6) is 0 Å². The Morgan fingerprint density at radius 2 is 2.00 bits per heavy atom. The average Bonchev–Trinajstić information content (AvgIpc) is 2.16. The molecule has 0 saturated heterocycles. The predicted octanol–water partition coefficient (Wildman–Crippen LogP) is 2.55. The molecule has 1 aromatic carbocycles. The summed E-state index contributed by atoms with van der Waals surface area (Å²) in [5, 5.41) is 0. The Balaban J connectivity index is 2.46. The van der Waals surface area contributed by atoms with Gasteiger partial charge in [-0.1, -0.05) is 12.1 Å². The van der Waals surface area contributed by atoms with E-state index in [9.17, 15) is 4.57 Å². The molecule has 0 aliphatic carbocycles. The van der Waals surface area contributed by atoms with E-state index in [-0.39, 0.29) is 0 Å². The second-order valence-electron chi connectivity index (χ2n) is 2.66. The predicted molar refractivity (Wildman–Crippen MR) is 53.8 cm³/mol. The van der Waals surface area contributed by atoms with E-state index < -0.39 is 8.03 Å². The lowest BCUT2D eigenvalue weighted by atomic mass is 10.2. The summed E-state index contributed by atoms with van der Waals surface area (Å²) in [6, 6.07) is 7.34. The molecule has 0 fully saturated rings. The van der Waals surface area contributed by atoms with Crippen LogP contribution >= 0.6 is 8.03 Å². The summed E-state index contributed by atoms with van der Waals surface area (Å²) in [5.41, 5.74) is 7.23. The topological polar surface area (TPSA) is 52.3 Å². The van der Waals surface area contributed by atoms with Crippen LogP contribution in [-0.2, 0) is 15.7 Å². The highest BCUT2D eigenvalue weighted by Crippen LogP contribution is 2.23. The fourth-order valence-corrected chi connectivity index (χ4v) is 1.33. The normalized spacial score (nSPS) is 11.3. The Morgan fingerprint density at radius 3 is 2.54 bits per heavy atom. The van der Waals surface area contributed by atoms with Gasteiger partial charge < -0.3 is 5.73 Å². The number of nitrogens with two attached hydrogens (primary N) is 1. The maximum Gasteiger partial charge on any atom is 0.508 e. The third kappa shape index (κ3) is 3.53. The molecule has 1 aromatic rings. The van der Waals surface area contributed by atoms with Crippen LogP contribution < -0.4 is 5.73 Å². The van der Waals surface area contributed by atoms with Crippen molar-refractivity contribution in [1.82, 2.24) is 0 Å². The first-order valence-electron chi connectivity index (χ1n) is 4.14.